The van der Waals surface area contributed by atoms with Crippen molar-refractivity contribution < 1.29 is 23.4 Å². The minimum atomic E-state index is -0.276. The van der Waals surface area contributed by atoms with Gasteiger partial charge in [0.25, 0.3) is 0 Å². The minimum Gasteiger partial charge on any atom is -0.493 e. The van der Waals surface area contributed by atoms with Crippen molar-refractivity contribution in [3.8, 4) is 11.5 Å². The summed E-state index contributed by atoms with van der Waals surface area (Å²) in [6.07, 6.45) is 3.32. The maximum absolute atomic E-state index is 13.6. The fourth-order valence-electron chi connectivity index (χ4n) is 4.62. The Balaban J connectivity index is 1.78. The largest absolute Gasteiger partial charge is 0.493 e. The summed E-state index contributed by atoms with van der Waals surface area (Å²) in [5, 5.41) is 0. The van der Waals surface area contributed by atoms with Crippen molar-refractivity contribution in [3.05, 3.63) is 59.4 Å². The van der Waals surface area contributed by atoms with E-state index in [1.54, 1.807) is 19.1 Å². The number of ether oxygens (including phenoxy) is 3. The summed E-state index contributed by atoms with van der Waals surface area (Å²) >= 11 is 0. The second-order valence-electron chi connectivity index (χ2n) is 8.84. The lowest BCUT2D eigenvalue weighted by Gasteiger charge is -2.46. The third-order valence-electron chi connectivity index (χ3n) is 6.15. The zero-order chi connectivity index (χ0) is 22.5. The van der Waals surface area contributed by atoms with Gasteiger partial charge < -0.3 is 19.1 Å². The van der Waals surface area contributed by atoms with Gasteiger partial charge in [-0.25, -0.2) is 4.39 Å². The van der Waals surface area contributed by atoms with E-state index in [4.69, 9.17) is 14.2 Å². The molecule has 31 heavy (non-hydrogen) atoms. The monoisotopic (exact) mass is 429 g/mol. The molecule has 1 amide bonds. The molecule has 1 saturated heterocycles. The molecule has 1 heterocycles. The van der Waals surface area contributed by atoms with Gasteiger partial charge in [0.05, 0.1) is 19.8 Å². The summed E-state index contributed by atoms with van der Waals surface area (Å²) in [6, 6.07) is 12.4. The number of rotatable bonds is 9. The third-order valence-corrected chi connectivity index (χ3v) is 6.15. The van der Waals surface area contributed by atoms with Gasteiger partial charge >= 0.3 is 0 Å². The number of carbonyl (C=O) groups excluding carboxylic acids is 1. The maximum atomic E-state index is 13.6. The lowest BCUT2D eigenvalue weighted by atomic mass is 9.67. The van der Waals surface area contributed by atoms with Crippen molar-refractivity contribution in [3.63, 3.8) is 0 Å². The number of halogens is 1. The van der Waals surface area contributed by atoms with Gasteiger partial charge in [-0.1, -0.05) is 18.2 Å². The highest BCUT2D eigenvalue weighted by atomic mass is 19.1. The SMILES string of the molecule is COc1ccc(CN(C=O)CCC2(c3ccc(F)cc3)CCOC(C)(C)C2)cc1OC. The fraction of sp³-hybridized carbons (Fsp3) is 0.480. The average molecular weight is 430 g/mol. The molecule has 5 nitrogen and oxygen atoms in total. The van der Waals surface area contributed by atoms with Gasteiger partial charge in [0.15, 0.2) is 11.5 Å². The van der Waals surface area contributed by atoms with Crippen molar-refractivity contribution in [2.45, 2.75) is 50.7 Å². The van der Waals surface area contributed by atoms with Gasteiger partial charge in [-0.3, -0.25) is 4.79 Å². The summed E-state index contributed by atoms with van der Waals surface area (Å²) in [5.41, 5.74) is 1.62. The van der Waals surface area contributed by atoms with Crippen LogP contribution in [-0.4, -0.2) is 44.3 Å². The Kier molecular flexibility index (Phi) is 7.21. The molecule has 0 saturated carbocycles. The molecule has 2 aromatic carbocycles. The Morgan fingerprint density at radius 2 is 1.81 bits per heavy atom. The predicted molar refractivity (Wildman–Crippen MR) is 118 cm³/mol. The summed E-state index contributed by atoms with van der Waals surface area (Å²) in [6.45, 7) is 5.88. The Labute approximate surface area is 184 Å². The van der Waals surface area contributed by atoms with E-state index in [2.05, 4.69) is 13.8 Å². The average Bonchev–Trinajstić information content (AvgIpc) is 2.76. The molecule has 1 unspecified atom stereocenters. The van der Waals surface area contributed by atoms with Crippen LogP contribution in [0.1, 0.15) is 44.2 Å². The van der Waals surface area contributed by atoms with Gasteiger partial charge in [-0.2, -0.15) is 0 Å². The molecule has 0 spiro atoms. The summed E-state index contributed by atoms with van der Waals surface area (Å²) in [5.74, 6) is 1.05. The molecule has 0 aromatic heterocycles. The first-order valence-electron chi connectivity index (χ1n) is 10.6. The number of nitrogens with zero attached hydrogens (tertiary/aromatic N) is 1. The van der Waals surface area contributed by atoms with E-state index in [0.29, 0.717) is 31.2 Å². The van der Waals surface area contributed by atoms with E-state index in [0.717, 1.165) is 36.8 Å². The van der Waals surface area contributed by atoms with E-state index in [1.807, 2.05) is 30.3 Å². The summed E-state index contributed by atoms with van der Waals surface area (Å²) in [7, 11) is 3.19. The van der Waals surface area contributed by atoms with Gasteiger partial charge in [0.2, 0.25) is 6.41 Å². The number of methoxy groups -OCH3 is 2. The van der Waals surface area contributed by atoms with Crippen LogP contribution < -0.4 is 9.47 Å². The molecule has 2 aromatic rings. The van der Waals surface area contributed by atoms with Crippen LogP contribution in [0, 0.1) is 5.82 Å². The highest BCUT2D eigenvalue weighted by Gasteiger charge is 2.42. The fourth-order valence-corrected chi connectivity index (χ4v) is 4.62. The van der Waals surface area contributed by atoms with Crippen LogP contribution in [0.4, 0.5) is 4.39 Å². The Morgan fingerprint density at radius 3 is 2.42 bits per heavy atom. The predicted octanol–water partition coefficient (Wildman–Crippen LogP) is 4.72. The maximum Gasteiger partial charge on any atom is 0.210 e. The first-order chi connectivity index (χ1) is 14.8. The second kappa shape index (κ2) is 9.69. The molecular formula is C25H32FNO4. The highest BCUT2D eigenvalue weighted by molar-refractivity contribution is 5.49. The smallest absolute Gasteiger partial charge is 0.210 e. The molecule has 6 heteroatoms. The quantitative estimate of drug-likeness (QED) is 0.541. The lowest BCUT2D eigenvalue weighted by molar-refractivity contribution is -0.119. The first kappa shape index (κ1) is 23.1. The highest BCUT2D eigenvalue weighted by Crippen LogP contribution is 2.44. The number of hydrogen-bond donors (Lipinski definition) is 0. The molecule has 1 aliphatic rings. The zero-order valence-electron chi connectivity index (χ0n) is 18.8. The second-order valence-corrected chi connectivity index (χ2v) is 8.84. The van der Waals surface area contributed by atoms with Crippen LogP contribution in [0.3, 0.4) is 0 Å². The van der Waals surface area contributed by atoms with Gasteiger partial charge in [-0.15, -0.1) is 0 Å². The summed E-state index contributed by atoms with van der Waals surface area (Å²) in [4.78, 5) is 13.6. The number of carbonyl (C=O) groups is 1. The molecule has 0 N–H and O–H groups in total. The Hall–Kier alpha value is -2.60. The van der Waals surface area contributed by atoms with Crippen molar-refractivity contribution >= 4 is 6.41 Å². The first-order valence-corrected chi connectivity index (χ1v) is 10.6. The normalized spacial score (nSPS) is 20.2. The van der Waals surface area contributed by atoms with E-state index >= 15 is 0 Å². The minimum absolute atomic E-state index is 0.172. The van der Waals surface area contributed by atoms with Crippen molar-refractivity contribution in [1.29, 1.82) is 0 Å². The van der Waals surface area contributed by atoms with E-state index in [-0.39, 0.29) is 16.8 Å². The number of hydrogen-bond acceptors (Lipinski definition) is 4. The van der Waals surface area contributed by atoms with Crippen molar-refractivity contribution in [2.75, 3.05) is 27.4 Å². The molecule has 1 fully saturated rings. The van der Waals surface area contributed by atoms with Crippen LogP contribution >= 0.6 is 0 Å². The Morgan fingerprint density at radius 1 is 1.10 bits per heavy atom. The van der Waals surface area contributed by atoms with E-state index in [9.17, 15) is 9.18 Å². The van der Waals surface area contributed by atoms with Crippen LogP contribution in [0.5, 0.6) is 11.5 Å². The van der Waals surface area contributed by atoms with Crippen molar-refractivity contribution in [1.82, 2.24) is 4.90 Å². The van der Waals surface area contributed by atoms with Crippen LogP contribution in [0.2, 0.25) is 0 Å². The van der Waals surface area contributed by atoms with Crippen LogP contribution in [0.15, 0.2) is 42.5 Å². The van der Waals surface area contributed by atoms with Gasteiger partial charge in [-0.05, 0) is 68.5 Å². The molecule has 0 bridgehead atoms. The molecule has 1 aliphatic heterocycles. The Bertz CT molecular complexity index is 884. The van der Waals surface area contributed by atoms with E-state index < -0.39 is 0 Å². The standard InChI is InChI=1S/C25H32FNO4/c1-24(2)17-25(12-14-31-24,20-6-8-21(26)9-7-20)11-13-27(18-28)16-19-5-10-22(29-3)23(15-19)30-4/h5-10,15,18H,11-14,16-17H2,1-4H3. The van der Waals surface area contributed by atoms with Crippen LogP contribution in [-0.2, 0) is 21.5 Å². The van der Waals surface area contributed by atoms with Crippen molar-refractivity contribution in [2.24, 2.45) is 0 Å². The molecular weight excluding hydrogens is 397 g/mol. The number of amides is 1. The molecule has 0 aliphatic carbocycles. The van der Waals surface area contributed by atoms with Gasteiger partial charge in [0.1, 0.15) is 5.82 Å². The zero-order valence-corrected chi connectivity index (χ0v) is 18.8. The molecule has 1 atom stereocenters. The number of benzene rings is 2. The summed E-state index contributed by atoms with van der Waals surface area (Å²) < 4.78 is 30.2. The van der Waals surface area contributed by atoms with Gasteiger partial charge in [0, 0.05) is 25.1 Å². The molecule has 3 rings (SSSR count). The third kappa shape index (κ3) is 5.56. The molecule has 0 radical (unpaired) electrons. The van der Waals surface area contributed by atoms with E-state index in [1.165, 1.54) is 12.1 Å². The van der Waals surface area contributed by atoms with Crippen LogP contribution in [0.25, 0.3) is 0 Å². The topological polar surface area (TPSA) is 48.0 Å². The lowest BCUT2D eigenvalue weighted by Crippen LogP contribution is -2.45. The molecule has 168 valence electrons.